The first kappa shape index (κ1) is 13.0. The molecule has 0 saturated heterocycles. The smallest absolute Gasteiger partial charge is 0.317 e. The second-order valence-corrected chi connectivity index (χ2v) is 5.58. The number of fused-ring (bicyclic) bond motifs is 1. The van der Waals surface area contributed by atoms with E-state index in [0.29, 0.717) is 6.54 Å². The molecule has 0 radical (unpaired) electrons. The Morgan fingerprint density at radius 2 is 2.17 bits per heavy atom. The number of carbonyl (C=O) groups is 1. The van der Waals surface area contributed by atoms with Crippen molar-refractivity contribution in [1.29, 1.82) is 0 Å². The van der Waals surface area contributed by atoms with Crippen molar-refractivity contribution in [3.8, 4) is 0 Å². The average Bonchev–Trinajstić information content (AvgIpc) is 2.69. The summed E-state index contributed by atoms with van der Waals surface area (Å²) < 4.78 is 1.14. The Morgan fingerprint density at radius 1 is 1.44 bits per heavy atom. The molecule has 0 atom stereocenters. The van der Waals surface area contributed by atoms with Crippen LogP contribution in [0.2, 0.25) is 0 Å². The monoisotopic (exact) mass is 264 g/mol. The number of hydrogen-bond donors (Lipinski definition) is 1. The fourth-order valence-corrected chi connectivity index (χ4v) is 2.75. The topological polar surface area (TPSA) is 53.4 Å². The summed E-state index contributed by atoms with van der Waals surface area (Å²) in [5, 5.41) is 9.86. The first-order valence-electron chi connectivity index (χ1n) is 5.86. The van der Waals surface area contributed by atoms with Gasteiger partial charge in [-0.1, -0.05) is 12.1 Å². The SMILES string of the molecule is CC(C)N(CC(=O)O)Cc1nc2ccccc2s1. The van der Waals surface area contributed by atoms with E-state index in [4.69, 9.17) is 5.11 Å². The van der Waals surface area contributed by atoms with Gasteiger partial charge >= 0.3 is 5.97 Å². The lowest BCUT2D eigenvalue weighted by Crippen LogP contribution is -2.35. The van der Waals surface area contributed by atoms with E-state index >= 15 is 0 Å². The van der Waals surface area contributed by atoms with Crippen molar-refractivity contribution < 1.29 is 9.90 Å². The molecular weight excluding hydrogens is 248 g/mol. The standard InChI is InChI=1S/C13H16N2O2S/c1-9(2)15(8-13(16)17)7-12-14-10-5-3-4-6-11(10)18-12/h3-6,9H,7-8H2,1-2H3,(H,16,17). The Bertz CT molecular complexity index is 518. The van der Waals surface area contributed by atoms with Crippen LogP contribution in [-0.4, -0.2) is 33.5 Å². The van der Waals surface area contributed by atoms with Gasteiger partial charge in [-0.2, -0.15) is 0 Å². The molecule has 18 heavy (non-hydrogen) atoms. The summed E-state index contributed by atoms with van der Waals surface area (Å²) in [5.41, 5.74) is 0.983. The molecule has 4 nitrogen and oxygen atoms in total. The van der Waals surface area contributed by atoms with Crippen LogP contribution >= 0.6 is 11.3 Å². The highest BCUT2D eigenvalue weighted by Crippen LogP contribution is 2.23. The number of para-hydroxylation sites is 1. The zero-order valence-electron chi connectivity index (χ0n) is 10.5. The van der Waals surface area contributed by atoms with Gasteiger partial charge in [-0.15, -0.1) is 11.3 Å². The van der Waals surface area contributed by atoms with Gasteiger partial charge in [0.15, 0.2) is 0 Å². The van der Waals surface area contributed by atoms with Gasteiger partial charge in [-0.25, -0.2) is 4.98 Å². The second kappa shape index (κ2) is 5.46. The molecule has 1 heterocycles. The number of carboxylic acid groups (broad SMARTS) is 1. The van der Waals surface area contributed by atoms with E-state index in [1.54, 1.807) is 11.3 Å². The van der Waals surface area contributed by atoms with Gasteiger partial charge in [0.05, 0.1) is 23.3 Å². The Morgan fingerprint density at radius 3 is 2.78 bits per heavy atom. The van der Waals surface area contributed by atoms with Gasteiger partial charge in [0.25, 0.3) is 0 Å². The van der Waals surface area contributed by atoms with Crippen LogP contribution in [0.4, 0.5) is 0 Å². The molecule has 96 valence electrons. The molecule has 1 aromatic heterocycles. The van der Waals surface area contributed by atoms with Crippen LogP contribution in [0.5, 0.6) is 0 Å². The predicted molar refractivity (Wildman–Crippen MR) is 72.8 cm³/mol. The minimum atomic E-state index is -0.801. The molecule has 2 rings (SSSR count). The lowest BCUT2D eigenvalue weighted by molar-refractivity contribution is -0.138. The third-order valence-electron chi connectivity index (χ3n) is 2.75. The van der Waals surface area contributed by atoms with Crippen molar-refractivity contribution in [3.63, 3.8) is 0 Å². The maximum atomic E-state index is 10.8. The van der Waals surface area contributed by atoms with E-state index in [1.165, 1.54) is 0 Å². The highest BCUT2D eigenvalue weighted by Gasteiger charge is 2.15. The van der Waals surface area contributed by atoms with Gasteiger partial charge in [0.2, 0.25) is 0 Å². The van der Waals surface area contributed by atoms with Gasteiger partial charge < -0.3 is 5.11 Å². The molecule has 0 aliphatic heterocycles. The van der Waals surface area contributed by atoms with Crippen LogP contribution < -0.4 is 0 Å². The lowest BCUT2D eigenvalue weighted by Gasteiger charge is -2.22. The number of carboxylic acids is 1. The largest absolute Gasteiger partial charge is 0.480 e. The molecule has 0 aliphatic carbocycles. The molecule has 5 heteroatoms. The van der Waals surface area contributed by atoms with Gasteiger partial charge in [0.1, 0.15) is 5.01 Å². The second-order valence-electron chi connectivity index (χ2n) is 4.47. The molecule has 0 spiro atoms. The summed E-state index contributed by atoms with van der Waals surface area (Å²) in [5.74, 6) is -0.801. The van der Waals surface area contributed by atoms with Gasteiger partial charge in [0, 0.05) is 6.04 Å². The maximum absolute atomic E-state index is 10.8. The number of rotatable bonds is 5. The summed E-state index contributed by atoms with van der Waals surface area (Å²) in [6, 6.07) is 8.15. The minimum absolute atomic E-state index is 0.0492. The van der Waals surface area contributed by atoms with Crippen LogP contribution in [-0.2, 0) is 11.3 Å². The zero-order chi connectivity index (χ0) is 13.1. The zero-order valence-corrected chi connectivity index (χ0v) is 11.3. The number of thiazole rings is 1. The number of benzene rings is 1. The van der Waals surface area contributed by atoms with Crippen LogP contribution in [0.3, 0.4) is 0 Å². The molecule has 0 amide bonds. The maximum Gasteiger partial charge on any atom is 0.317 e. The van der Waals surface area contributed by atoms with Crippen LogP contribution in [0, 0.1) is 0 Å². The molecule has 0 bridgehead atoms. The number of aliphatic carboxylic acids is 1. The summed E-state index contributed by atoms with van der Waals surface area (Å²) in [6.45, 7) is 4.63. The van der Waals surface area contributed by atoms with Crippen LogP contribution in [0.1, 0.15) is 18.9 Å². The van der Waals surface area contributed by atoms with Gasteiger partial charge in [-0.05, 0) is 26.0 Å². The Hall–Kier alpha value is -1.46. The summed E-state index contributed by atoms with van der Waals surface area (Å²) in [6.07, 6.45) is 0. The number of nitrogens with zero attached hydrogens (tertiary/aromatic N) is 2. The first-order chi connectivity index (χ1) is 8.56. The van der Waals surface area contributed by atoms with Crippen molar-refractivity contribution in [2.75, 3.05) is 6.54 Å². The van der Waals surface area contributed by atoms with Crippen molar-refractivity contribution in [2.24, 2.45) is 0 Å². The third kappa shape index (κ3) is 3.05. The van der Waals surface area contributed by atoms with Crippen molar-refractivity contribution in [1.82, 2.24) is 9.88 Å². The van der Waals surface area contributed by atoms with E-state index in [1.807, 2.05) is 43.0 Å². The molecule has 1 aromatic carbocycles. The van der Waals surface area contributed by atoms with Crippen molar-refractivity contribution >= 4 is 27.5 Å². The van der Waals surface area contributed by atoms with E-state index in [2.05, 4.69) is 4.98 Å². The average molecular weight is 264 g/mol. The fourth-order valence-electron chi connectivity index (χ4n) is 1.76. The first-order valence-corrected chi connectivity index (χ1v) is 6.68. The van der Waals surface area contributed by atoms with Crippen molar-refractivity contribution in [3.05, 3.63) is 29.3 Å². The van der Waals surface area contributed by atoms with Gasteiger partial charge in [-0.3, -0.25) is 9.69 Å². The summed E-state index contributed by atoms with van der Waals surface area (Å²) >= 11 is 1.62. The highest BCUT2D eigenvalue weighted by molar-refractivity contribution is 7.18. The lowest BCUT2D eigenvalue weighted by atomic mass is 10.3. The predicted octanol–water partition coefficient (Wildman–Crippen LogP) is 2.59. The Labute approximate surface area is 110 Å². The Kier molecular flexibility index (Phi) is 3.93. The number of hydrogen-bond acceptors (Lipinski definition) is 4. The quantitative estimate of drug-likeness (QED) is 0.902. The molecule has 0 unspecified atom stereocenters. The normalized spacial score (nSPS) is 11.6. The van der Waals surface area contributed by atoms with E-state index in [-0.39, 0.29) is 12.6 Å². The third-order valence-corrected chi connectivity index (χ3v) is 3.77. The molecule has 0 aliphatic rings. The molecule has 1 N–H and O–H groups in total. The molecule has 0 fully saturated rings. The highest BCUT2D eigenvalue weighted by atomic mass is 32.1. The molecule has 2 aromatic rings. The van der Waals surface area contributed by atoms with E-state index < -0.39 is 5.97 Å². The summed E-state index contributed by atoms with van der Waals surface area (Å²) in [4.78, 5) is 17.2. The van der Waals surface area contributed by atoms with E-state index in [9.17, 15) is 4.79 Å². The van der Waals surface area contributed by atoms with Crippen LogP contribution in [0.15, 0.2) is 24.3 Å². The minimum Gasteiger partial charge on any atom is -0.480 e. The fraction of sp³-hybridized carbons (Fsp3) is 0.385. The van der Waals surface area contributed by atoms with Crippen molar-refractivity contribution in [2.45, 2.75) is 26.4 Å². The Balaban J connectivity index is 2.17. The molecular formula is C13H16N2O2S. The van der Waals surface area contributed by atoms with E-state index in [0.717, 1.165) is 15.2 Å². The number of aromatic nitrogens is 1. The molecule has 0 saturated carbocycles. The van der Waals surface area contributed by atoms with Crippen LogP contribution in [0.25, 0.3) is 10.2 Å². The summed E-state index contributed by atoms with van der Waals surface area (Å²) in [7, 11) is 0.